The van der Waals surface area contributed by atoms with E-state index in [0.29, 0.717) is 37.1 Å². The number of thioether (sulfide) groups is 1. The van der Waals surface area contributed by atoms with Crippen LogP contribution in [0.25, 0.3) is 0 Å². The SMILES string of the molecule is C[C@H](Sc1nncn1C)C(=O)Nc1ccc(S(=O)(=O)N2CCOCC2)cc1. The average Bonchev–Trinajstić information content (AvgIpc) is 3.07. The number of carbonyl (C=O) groups excluding carboxylic acids is 1. The molecule has 1 aromatic heterocycles. The van der Waals surface area contributed by atoms with Crippen LogP contribution in [0.4, 0.5) is 5.69 Å². The van der Waals surface area contributed by atoms with E-state index < -0.39 is 10.0 Å². The van der Waals surface area contributed by atoms with Crippen molar-refractivity contribution >= 4 is 33.4 Å². The first-order chi connectivity index (χ1) is 12.9. The quantitative estimate of drug-likeness (QED) is 0.706. The van der Waals surface area contributed by atoms with Crippen molar-refractivity contribution < 1.29 is 17.9 Å². The molecule has 0 bridgehead atoms. The first kappa shape index (κ1) is 19.8. The van der Waals surface area contributed by atoms with Gasteiger partial charge in [-0.25, -0.2) is 8.42 Å². The topological polar surface area (TPSA) is 106 Å². The van der Waals surface area contributed by atoms with E-state index >= 15 is 0 Å². The Labute approximate surface area is 162 Å². The lowest BCUT2D eigenvalue weighted by molar-refractivity contribution is -0.115. The van der Waals surface area contributed by atoms with E-state index in [4.69, 9.17) is 4.74 Å². The lowest BCUT2D eigenvalue weighted by Gasteiger charge is -2.26. The first-order valence-electron chi connectivity index (χ1n) is 8.37. The van der Waals surface area contributed by atoms with Crippen LogP contribution in [0.5, 0.6) is 0 Å². The molecular weight excluding hydrogens is 390 g/mol. The molecule has 0 aliphatic carbocycles. The number of hydrogen-bond donors (Lipinski definition) is 1. The van der Waals surface area contributed by atoms with E-state index in [-0.39, 0.29) is 16.1 Å². The number of aryl methyl sites for hydroxylation is 1. The minimum Gasteiger partial charge on any atom is -0.379 e. The highest BCUT2D eigenvalue weighted by Gasteiger charge is 2.26. The fourth-order valence-electron chi connectivity index (χ4n) is 2.48. The minimum absolute atomic E-state index is 0.198. The molecule has 1 aliphatic heterocycles. The Morgan fingerprint density at radius 2 is 1.93 bits per heavy atom. The molecule has 9 nitrogen and oxygen atoms in total. The van der Waals surface area contributed by atoms with Gasteiger partial charge in [0.1, 0.15) is 6.33 Å². The van der Waals surface area contributed by atoms with Gasteiger partial charge in [-0.1, -0.05) is 11.8 Å². The monoisotopic (exact) mass is 411 g/mol. The van der Waals surface area contributed by atoms with Gasteiger partial charge in [-0.15, -0.1) is 10.2 Å². The van der Waals surface area contributed by atoms with Gasteiger partial charge in [0.05, 0.1) is 23.4 Å². The summed E-state index contributed by atoms with van der Waals surface area (Å²) in [6.45, 7) is 3.25. The molecule has 1 aliphatic rings. The van der Waals surface area contributed by atoms with E-state index in [1.165, 1.54) is 28.2 Å². The molecule has 1 fully saturated rings. The van der Waals surface area contributed by atoms with E-state index in [0.717, 1.165) is 0 Å². The van der Waals surface area contributed by atoms with Gasteiger partial charge < -0.3 is 14.6 Å². The predicted molar refractivity (Wildman–Crippen MR) is 101 cm³/mol. The second-order valence-corrected chi connectivity index (χ2v) is 9.26. The number of amides is 1. The highest BCUT2D eigenvalue weighted by molar-refractivity contribution is 8.00. The average molecular weight is 412 g/mol. The zero-order valence-corrected chi connectivity index (χ0v) is 16.7. The second-order valence-electron chi connectivity index (χ2n) is 6.01. The summed E-state index contributed by atoms with van der Waals surface area (Å²) in [7, 11) is -1.74. The molecule has 1 amide bonds. The summed E-state index contributed by atoms with van der Waals surface area (Å²) in [6.07, 6.45) is 1.57. The van der Waals surface area contributed by atoms with E-state index in [9.17, 15) is 13.2 Å². The van der Waals surface area contributed by atoms with E-state index in [2.05, 4.69) is 15.5 Å². The molecule has 1 N–H and O–H groups in total. The summed E-state index contributed by atoms with van der Waals surface area (Å²) in [6, 6.07) is 6.18. The Morgan fingerprint density at radius 1 is 1.26 bits per heavy atom. The summed E-state index contributed by atoms with van der Waals surface area (Å²) in [5, 5.41) is 10.8. The van der Waals surface area contributed by atoms with E-state index in [1.54, 1.807) is 37.0 Å². The third kappa shape index (κ3) is 4.67. The van der Waals surface area contributed by atoms with Gasteiger partial charge in [-0.05, 0) is 31.2 Å². The Morgan fingerprint density at radius 3 is 2.52 bits per heavy atom. The molecule has 0 spiro atoms. The Kier molecular flexibility index (Phi) is 6.15. The summed E-state index contributed by atoms with van der Waals surface area (Å²) in [5.41, 5.74) is 0.534. The van der Waals surface area contributed by atoms with Crippen LogP contribution in [0.15, 0.2) is 40.6 Å². The molecule has 11 heteroatoms. The summed E-state index contributed by atoms with van der Waals surface area (Å²) >= 11 is 1.29. The number of morpholine rings is 1. The molecule has 0 saturated carbocycles. The molecule has 3 rings (SSSR count). The molecule has 1 atom stereocenters. The van der Waals surface area contributed by atoms with Crippen molar-refractivity contribution in [3.8, 4) is 0 Å². The maximum atomic E-state index is 12.6. The molecule has 27 heavy (non-hydrogen) atoms. The molecule has 2 heterocycles. The fourth-order valence-corrected chi connectivity index (χ4v) is 4.68. The number of anilines is 1. The maximum absolute atomic E-state index is 12.6. The lowest BCUT2D eigenvalue weighted by Crippen LogP contribution is -2.40. The number of benzene rings is 1. The third-order valence-electron chi connectivity index (χ3n) is 4.05. The normalized spacial score (nSPS) is 16.8. The molecule has 0 unspecified atom stereocenters. The molecule has 1 aromatic carbocycles. The molecular formula is C16H21N5O4S2. The van der Waals surface area contributed by atoms with Gasteiger partial charge >= 0.3 is 0 Å². The van der Waals surface area contributed by atoms with Gasteiger partial charge in [0.25, 0.3) is 0 Å². The highest BCUT2D eigenvalue weighted by atomic mass is 32.2. The number of sulfonamides is 1. The van der Waals surface area contributed by atoms with Gasteiger partial charge in [0.2, 0.25) is 15.9 Å². The number of rotatable bonds is 6. The van der Waals surface area contributed by atoms with Crippen molar-refractivity contribution in [3.05, 3.63) is 30.6 Å². The molecule has 2 aromatic rings. The standard InChI is InChI=1S/C16H21N5O4S2/c1-12(26-16-19-17-11-20(16)2)15(22)18-13-3-5-14(6-4-13)27(23,24)21-7-9-25-10-8-21/h3-6,11-12H,7-10H2,1-2H3,(H,18,22)/t12-/m0/s1. The summed E-state index contributed by atoms with van der Waals surface area (Å²) in [5.74, 6) is -0.202. The Hall–Kier alpha value is -1.95. The van der Waals surface area contributed by atoms with Crippen LogP contribution in [-0.4, -0.2) is 64.9 Å². The lowest BCUT2D eigenvalue weighted by atomic mass is 10.3. The number of carbonyl (C=O) groups is 1. The van der Waals surface area contributed by atoms with Crippen molar-refractivity contribution in [2.45, 2.75) is 22.2 Å². The Balaban J connectivity index is 1.63. The Bertz CT molecular complexity index is 892. The summed E-state index contributed by atoms with van der Waals surface area (Å²) in [4.78, 5) is 12.5. The second kappa shape index (κ2) is 8.38. The zero-order valence-electron chi connectivity index (χ0n) is 15.0. The minimum atomic E-state index is -3.54. The van der Waals surface area contributed by atoms with Crippen LogP contribution in [-0.2, 0) is 26.6 Å². The first-order valence-corrected chi connectivity index (χ1v) is 10.7. The van der Waals surface area contributed by atoms with Crippen LogP contribution >= 0.6 is 11.8 Å². The maximum Gasteiger partial charge on any atom is 0.243 e. The molecule has 0 radical (unpaired) electrons. The third-order valence-corrected chi connectivity index (χ3v) is 7.11. The van der Waals surface area contributed by atoms with Crippen LogP contribution in [0.2, 0.25) is 0 Å². The van der Waals surface area contributed by atoms with Crippen LogP contribution in [0.1, 0.15) is 6.92 Å². The van der Waals surface area contributed by atoms with Gasteiger partial charge in [0.15, 0.2) is 5.16 Å². The summed E-state index contributed by atoms with van der Waals surface area (Å²) < 4.78 is 33.5. The fraction of sp³-hybridized carbons (Fsp3) is 0.438. The van der Waals surface area contributed by atoms with Crippen molar-refractivity contribution in [2.75, 3.05) is 31.6 Å². The number of hydrogen-bond acceptors (Lipinski definition) is 7. The smallest absolute Gasteiger partial charge is 0.243 e. The molecule has 146 valence electrons. The number of ether oxygens (including phenoxy) is 1. The van der Waals surface area contributed by atoms with Crippen molar-refractivity contribution in [3.63, 3.8) is 0 Å². The number of nitrogens with one attached hydrogen (secondary N) is 1. The number of aromatic nitrogens is 3. The van der Waals surface area contributed by atoms with Gasteiger partial charge in [-0.3, -0.25) is 4.79 Å². The highest BCUT2D eigenvalue weighted by Crippen LogP contribution is 2.23. The van der Waals surface area contributed by atoms with Crippen LogP contribution in [0.3, 0.4) is 0 Å². The van der Waals surface area contributed by atoms with Crippen molar-refractivity contribution in [1.82, 2.24) is 19.1 Å². The van der Waals surface area contributed by atoms with Gasteiger partial charge in [-0.2, -0.15) is 4.31 Å². The van der Waals surface area contributed by atoms with E-state index in [1.807, 2.05) is 0 Å². The van der Waals surface area contributed by atoms with Crippen LogP contribution in [0, 0.1) is 0 Å². The predicted octanol–water partition coefficient (Wildman–Crippen LogP) is 0.955. The number of nitrogens with zero attached hydrogens (tertiary/aromatic N) is 4. The largest absolute Gasteiger partial charge is 0.379 e. The molecule has 1 saturated heterocycles. The zero-order chi connectivity index (χ0) is 19.4. The van der Waals surface area contributed by atoms with Crippen LogP contribution < -0.4 is 5.32 Å². The van der Waals surface area contributed by atoms with Crippen molar-refractivity contribution in [1.29, 1.82) is 0 Å². The van der Waals surface area contributed by atoms with Gasteiger partial charge in [0, 0.05) is 25.8 Å². The van der Waals surface area contributed by atoms with Crippen molar-refractivity contribution in [2.24, 2.45) is 7.05 Å².